The fourth-order valence-corrected chi connectivity index (χ4v) is 2.06. The van der Waals surface area contributed by atoms with Gasteiger partial charge in [0, 0.05) is 16.9 Å². The Balaban J connectivity index is 2.39. The van der Waals surface area contributed by atoms with Crippen molar-refractivity contribution in [2.45, 2.75) is 13.8 Å². The summed E-state index contributed by atoms with van der Waals surface area (Å²) in [5, 5.41) is 8.43. The maximum Gasteiger partial charge on any atom is 0.197 e. The summed E-state index contributed by atoms with van der Waals surface area (Å²) in [7, 11) is 0. The highest BCUT2D eigenvalue weighted by Gasteiger charge is 2.07. The number of pyridine rings is 1. The second-order valence-corrected chi connectivity index (χ2v) is 5.01. The molecule has 0 bridgehead atoms. The van der Waals surface area contributed by atoms with Crippen LogP contribution in [-0.2, 0) is 0 Å². The van der Waals surface area contributed by atoms with Crippen molar-refractivity contribution in [3.05, 3.63) is 46.0 Å². The first-order valence-electron chi connectivity index (χ1n) is 5.23. The monoisotopic (exact) mass is 325 g/mol. The fourth-order valence-electron chi connectivity index (χ4n) is 1.57. The lowest BCUT2D eigenvalue weighted by molar-refractivity contribution is 0.808. The van der Waals surface area contributed by atoms with Crippen LogP contribution in [0.15, 0.2) is 29.3 Å². The maximum atomic E-state index is 7.96. The number of rotatable bonds is 1. The Labute approximate surface area is 118 Å². The molecule has 7 heteroatoms. The molecule has 0 fully saturated rings. The summed E-state index contributed by atoms with van der Waals surface area (Å²) >= 11 is 8.74. The van der Waals surface area contributed by atoms with Crippen LogP contribution in [0.1, 0.15) is 11.3 Å². The molecule has 0 saturated carbocycles. The molecular weight excluding hydrogens is 314 g/mol. The van der Waals surface area contributed by atoms with E-state index < -0.39 is 0 Å². The summed E-state index contributed by atoms with van der Waals surface area (Å²) in [6.45, 7) is 3.87. The van der Waals surface area contributed by atoms with Gasteiger partial charge in [-0.1, -0.05) is 0 Å². The summed E-state index contributed by atoms with van der Waals surface area (Å²) in [4.78, 5) is 3.93. The number of nitrogens with zero attached hydrogens (tertiary/aromatic N) is 3. The molecule has 94 valence electrons. The number of aryl methyl sites for hydroxylation is 1. The fraction of sp³-hybridized carbons (Fsp3) is 0.182. The first-order chi connectivity index (χ1) is 8.50. The third-order valence-electron chi connectivity index (χ3n) is 2.54. The smallest absolute Gasteiger partial charge is 0.197 e. The van der Waals surface area contributed by atoms with Crippen LogP contribution in [-0.4, -0.2) is 19.3 Å². The molecule has 0 saturated heterocycles. The summed E-state index contributed by atoms with van der Waals surface area (Å²) in [6.07, 6.45) is 5.01. The second kappa shape index (κ2) is 5.03. The van der Waals surface area contributed by atoms with Gasteiger partial charge in [-0.15, -0.1) is 0 Å². The van der Waals surface area contributed by atoms with Crippen molar-refractivity contribution < 1.29 is 0 Å². The van der Waals surface area contributed by atoms with E-state index in [2.05, 4.69) is 26.3 Å². The summed E-state index contributed by atoms with van der Waals surface area (Å²) in [5.41, 5.74) is 5.25. The molecule has 0 amide bonds. The van der Waals surface area contributed by atoms with Crippen LogP contribution in [0.2, 0.25) is 0 Å². The van der Waals surface area contributed by atoms with E-state index in [0.717, 1.165) is 15.7 Å². The number of aromatic nitrogens is 3. The number of halogens is 1. The predicted molar refractivity (Wildman–Crippen MR) is 77.0 cm³/mol. The van der Waals surface area contributed by atoms with Crippen molar-refractivity contribution >= 4 is 33.3 Å². The molecule has 5 nitrogen and oxygen atoms in total. The van der Waals surface area contributed by atoms with Gasteiger partial charge in [0.15, 0.2) is 5.11 Å². The second-order valence-electron chi connectivity index (χ2n) is 3.83. The molecule has 0 spiro atoms. The Morgan fingerprint density at radius 3 is 2.83 bits per heavy atom. The summed E-state index contributed by atoms with van der Waals surface area (Å²) in [6, 6.07) is 1.76. The summed E-state index contributed by atoms with van der Waals surface area (Å²) < 4.78 is 4.26. The van der Waals surface area contributed by atoms with Crippen LogP contribution in [0.4, 0.5) is 0 Å². The molecular formula is C11H12BrN5S. The van der Waals surface area contributed by atoms with Crippen LogP contribution in [0.5, 0.6) is 0 Å². The van der Waals surface area contributed by atoms with Gasteiger partial charge in [0.05, 0.1) is 5.69 Å². The Hall–Kier alpha value is -1.47. The molecule has 0 aliphatic carbocycles. The van der Waals surface area contributed by atoms with Crippen LogP contribution >= 0.6 is 28.1 Å². The first kappa shape index (κ1) is 13.0. The largest absolute Gasteiger partial charge is 0.283 e. The summed E-state index contributed by atoms with van der Waals surface area (Å²) in [5.74, 6) is 0. The average molecular weight is 326 g/mol. The lowest BCUT2D eigenvalue weighted by Gasteiger charge is -2.16. The predicted octanol–water partition coefficient (Wildman–Crippen LogP) is 1.92. The Bertz CT molecular complexity index is 644. The number of thiocarbonyl (C=S) groups is 1. The maximum absolute atomic E-state index is 7.96. The van der Waals surface area contributed by atoms with Crippen LogP contribution in [0, 0.1) is 19.3 Å². The van der Waals surface area contributed by atoms with E-state index in [4.69, 9.17) is 17.6 Å². The van der Waals surface area contributed by atoms with Crippen LogP contribution in [0.3, 0.4) is 0 Å². The first-order valence-corrected chi connectivity index (χ1v) is 6.43. The Morgan fingerprint density at radius 1 is 1.50 bits per heavy atom. The number of nitrogens with one attached hydrogen (secondary N) is 2. The molecule has 2 N–H and O–H groups in total. The van der Waals surface area contributed by atoms with Crippen molar-refractivity contribution in [1.82, 2.24) is 14.2 Å². The van der Waals surface area contributed by atoms with E-state index >= 15 is 0 Å². The van der Waals surface area contributed by atoms with E-state index in [-0.39, 0.29) is 0 Å². The zero-order valence-electron chi connectivity index (χ0n) is 9.94. The van der Waals surface area contributed by atoms with Crippen LogP contribution in [0.25, 0.3) is 0 Å². The lowest BCUT2D eigenvalue weighted by atomic mass is 10.2. The third kappa shape index (κ3) is 2.37. The molecule has 0 aliphatic heterocycles. The van der Waals surface area contributed by atoms with Crippen molar-refractivity contribution in [3.8, 4) is 0 Å². The number of hydrogen-bond acceptors (Lipinski definition) is 3. The zero-order valence-corrected chi connectivity index (χ0v) is 12.3. The van der Waals surface area contributed by atoms with Gasteiger partial charge in [-0.3, -0.25) is 15.4 Å². The molecule has 0 atom stereocenters. The SMILES string of the molecule is Cc1cc(=N)n(NC(=S)n2ccnc2)c(C)c1Br. The highest BCUT2D eigenvalue weighted by molar-refractivity contribution is 9.10. The zero-order chi connectivity index (χ0) is 13.3. The van der Waals surface area contributed by atoms with Gasteiger partial charge in [-0.2, -0.15) is 0 Å². The molecule has 2 heterocycles. The third-order valence-corrected chi connectivity index (χ3v) is 4.04. The minimum atomic E-state index is 0.343. The van der Waals surface area contributed by atoms with Gasteiger partial charge in [0.1, 0.15) is 11.8 Å². The molecule has 18 heavy (non-hydrogen) atoms. The van der Waals surface area contributed by atoms with Gasteiger partial charge in [-0.25, -0.2) is 9.66 Å². The Morgan fingerprint density at radius 2 is 2.22 bits per heavy atom. The van der Waals surface area contributed by atoms with Gasteiger partial charge in [0.25, 0.3) is 0 Å². The van der Waals surface area contributed by atoms with Crippen LogP contribution < -0.4 is 10.9 Å². The van der Waals surface area contributed by atoms with Gasteiger partial charge >= 0.3 is 0 Å². The van der Waals surface area contributed by atoms with E-state index in [9.17, 15) is 0 Å². The quantitative estimate of drug-likeness (QED) is 0.787. The van der Waals surface area contributed by atoms with Crippen molar-refractivity contribution in [2.75, 3.05) is 5.43 Å². The van der Waals surface area contributed by atoms with Gasteiger partial charge < -0.3 is 0 Å². The van der Waals surface area contributed by atoms with E-state index in [1.165, 1.54) is 0 Å². The van der Waals surface area contributed by atoms with E-state index in [1.54, 1.807) is 34.0 Å². The number of hydrogen-bond donors (Lipinski definition) is 2. The molecule has 0 aromatic carbocycles. The standard InChI is InChI=1S/C11H12BrN5S/c1-7-5-9(13)17(8(2)10(7)12)15-11(18)16-4-3-14-6-16/h3-6,13H,1-2H3,(H,15,18). The minimum absolute atomic E-state index is 0.343. The average Bonchev–Trinajstić information content (AvgIpc) is 2.85. The van der Waals surface area contributed by atoms with Gasteiger partial charge in [0.2, 0.25) is 0 Å². The lowest BCUT2D eigenvalue weighted by Crippen LogP contribution is -2.36. The van der Waals surface area contributed by atoms with Gasteiger partial charge in [-0.05, 0) is 53.6 Å². The number of imidazole rings is 1. The van der Waals surface area contributed by atoms with Crippen molar-refractivity contribution in [1.29, 1.82) is 5.41 Å². The Kier molecular flexibility index (Phi) is 3.63. The normalized spacial score (nSPS) is 10.4. The highest BCUT2D eigenvalue weighted by atomic mass is 79.9. The molecule has 2 aromatic rings. The van der Waals surface area contributed by atoms with E-state index in [1.807, 2.05) is 13.8 Å². The van der Waals surface area contributed by atoms with Crippen molar-refractivity contribution in [2.24, 2.45) is 0 Å². The van der Waals surface area contributed by atoms with E-state index in [0.29, 0.717) is 10.6 Å². The molecule has 2 aromatic heterocycles. The van der Waals surface area contributed by atoms with Crippen molar-refractivity contribution in [3.63, 3.8) is 0 Å². The highest BCUT2D eigenvalue weighted by Crippen LogP contribution is 2.17. The molecule has 2 rings (SSSR count). The molecule has 0 radical (unpaired) electrons. The minimum Gasteiger partial charge on any atom is -0.283 e. The topological polar surface area (TPSA) is 58.6 Å². The molecule has 0 aliphatic rings. The molecule has 0 unspecified atom stereocenters.